The van der Waals surface area contributed by atoms with Gasteiger partial charge in [0.25, 0.3) is 0 Å². The normalized spacial score (nSPS) is 10.4. The number of carbonyl (C=O) groups excluding carboxylic acids is 1. The number of esters is 1. The van der Waals surface area contributed by atoms with Crippen molar-refractivity contribution in [1.29, 1.82) is 0 Å². The fourth-order valence-electron chi connectivity index (χ4n) is 1.69. The Bertz CT molecular complexity index is 293. The number of rotatable bonds is 9. The van der Waals surface area contributed by atoms with E-state index in [4.69, 9.17) is 4.74 Å². The van der Waals surface area contributed by atoms with Crippen LogP contribution in [0.15, 0.2) is 17.5 Å². The minimum atomic E-state index is -0.175. The predicted octanol–water partition coefficient (Wildman–Crippen LogP) is 4.66. The van der Waals surface area contributed by atoms with Gasteiger partial charge in [-0.1, -0.05) is 51.5 Å². The molecule has 3 heteroatoms. The van der Waals surface area contributed by atoms with Crippen molar-refractivity contribution in [3.05, 3.63) is 22.4 Å². The van der Waals surface area contributed by atoms with Crippen molar-refractivity contribution in [2.75, 3.05) is 6.61 Å². The highest BCUT2D eigenvalue weighted by molar-refractivity contribution is 7.11. The summed E-state index contributed by atoms with van der Waals surface area (Å²) in [5, 5.41) is 1.89. The first kappa shape index (κ1) is 14.2. The Morgan fingerprint density at radius 2 is 1.88 bits per heavy atom. The lowest BCUT2D eigenvalue weighted by Gasteiger charge is -2.03. The van der Waals surface area contributed by atoms with Crippen molar-refractivity contribution >= 4 is 17.3 Å². The van der Waals surface area contributed by atoms with Crippen LogP contribution in [-0.4, -0.2) is 12.6 Å². The van der Waals surface area contributed by atoms with Gasteiger partial charge in [0.05, 0.1) is 6.61 Å². The summed E-state index contributed by atoms with van der Waals surface area (Å²) in [4.78, 5) is 12.2. The first-order chi connectivity index (χ1) is 8.34. The van der Waals surface area contributed by atoms with Crippen LogP contribution in [0.1, 0.15) is 61.5 Å². The van der Waals surface area contributed by atoms with Crippen molar-refractivity contribution < 1.29 is 9.53 Å². The Hall–Kier alpha value is -0.830. The Balaban J connectivity index is 1.92. The Kier molecular flexibility index (Phi) is 7.72. The highest BCUT2D eigenvalue weighted by Crippen LogP contribution is 2.11. The van der Waals surface area contributed by atoms with E-state index in [1.54, 1.807) is 6.07 Å². The number of carbonyl (C=O) groups is 1. The lowest BCUT2D eigenvalue weighted by atomic mass is 10.1. The third kappa shape index (κ3) is 6.47. The fraction of sp³-hybridized carbons (Fsp3) is 0.643. The average Bonchev–Trinajstić information content (AvgIpc) is 2.86. The topological polar surface area (TPSA) is 26.3 Å². The summed E-state index contributed by atoms with van der Waals surface area (Å²) in [5.41, 5.74) is 0. The molecule has 0 saturated heterocycles. The summed E-state index contributed by atoms with van der Waals surface area (Å²) in [7, 11) is 0. The van der Waals surface area contributed by atoms with Crippen LogP contribution in [0.3, 0.4) is 0 Å². The smallest absolute Gasteiger partial charge is 0.348 e. The summed E-state index contributed by atoms with van der Waals surface area (Å²) in [5.74, 6) is -0.175. The minimum Gasteiger partial charge on any atom is -0.462 e. The van der Waals surface area contributed by atoms with Crippen molar-refractivity contribution in [2.24, 2.45) is 0 Å². The molecular formula is C14H22O2S. The zero-order chi connectivity index (χ0) is 12.3. The van der Waals surface area contributed by atoms with Gasteiger partial charge in [-0.3, -0.25) is 0 Å². The standard InChI is InChI=1S/C14H22O2S/c1-2-3-4-5-6-7-8-11-16-14(15)13-10-9-12-17-13/h9-10,12H,2-8,11H2,1H3. The molecule has 0 unspecified atom stereocenters. The zero-order valence-corrected chi connectivity index (χ0v) is 11.4. The van der Waals surface area contributed by atoms with Gasteiger partial charge >= 0.3 is 5.97 Å². The highest BCUT2D eigenvalue weighted by Gasteiger charge is 2.06. The van der Waals surface area contributed by atoms with Gasteiger partial charge in [0.1, 0.15) is 4.88 Å². The second-order valence-electron chi connectivity index (χ2n) is 4.23. The summed E-state index contributed by atoms with van der Waals surface area (Å²) in [6, 6.07) is 3.67. The van der Waals surface area contributed by atoms with Crippen molar-refractivity contribution in [3.63, 3.8) is 0 Å². The first-order valence-electron chi connectivity index (χ1n) is 6.55. The number of hydrogen-bond donors (Lipinski definition) is 0. The molecule has 0 fully saturated rings. The van der Waals surface area contributed by atoms with E-state index in [0.29, 0.717) is 11.5 Å². The number of ether oxygens (including phenoxy) is 1. The van der Waals surface area contributed by atoms with Gasteiger partial charge in [-0.25, -0.2) is 4.79 Å². The van der Waals surface area contributed by atoms with Crippen molar-refractivity contribution in [1.82, 2.24) is 0 Å². The van der Waals surface area contributed by atoms with Crippen molar-refractivity contribution in [2.45, 2.75) is 51.9 Å². The van der Waals surface area contributed by atoms with Crippen LogP contribution in [0.5, 0.6) is 0 Å². The van der Waals surface area contributed by atoms with Crippen molar-refractivity contribution in [3.8, 4) is 0 Å². The van der Waals surface area contributed by atoms with Crippen LogP contribution in [0.2, 0.25) is 0 Å². The van der Waals surface area contributed by atoms with E-state index in [9.17, 15) is 4.79 Å². The summed E-state index contributed by atoms with van der Waals surface area (Å²) in [6.07, 6.45) is 8.70. The summed E-state index contributed by atoms with van der Waals surface area (Å²) >= 11 is 1.43. The molecule has 0 aliphatic rings. The molecule has 0 radical (unpaired) electrons. The first-order valence-corrected chi connectivity index (χ1v) is 7.43. The molecule has 0 aromatic carbocycles. The number of hydrogen-bond acceptors (Lipinski definition) is 3. The molecule has 0 amide bonds. The maximum atomic E-state index is 11.5. The molecule has 0 N–H and O–H groups in total. The number of thiophene rings is 1. The quantitative estimate of drug-likeness (QED) is 0.473. The molecule has 0 spiro atoms. The van der Waals surface area contributed by atoms with Gasteiger partial charge < -0.3 is 4.74 Å². The molecule has 0 aliphatic carbocycles. The van der Waals surface area contributed by atoms with E-state index in [-0.39, 0.29) is 5.97 Å². The molecule has 17 heavy (non-hydrogen) atoms. The monoisotopic (exact) mass is 254 g/mol. The molecule has 1 aromatic heterocycles. The minimum absolute atomic E-state index is 0.175. The molecule has 0 bridgehead atoms. The van der Waals surface area contributed by atoms with Gasteiger partial charge in [-0.05, 0) is 17.9 Å². The predicted molar refractivity (Wildman–Crippen MR) is 72.6 cm³/mol. The summed E-state index contributed by atoms with van der Waals surface area (Å²) in [6.45, 7) is 2.79. The zero-order valence-electron chi connectivity index (χ0n) is 10.6. The second kappa shape index (κ2) is 9.23. The Morgan fingerprint density at radius 3 is 2.53 bits per heavy atom. The molecule has 0 saturated carbocycles. The largest absolute Gasteiger partial charge is 0.462 e. The Morgan fingerprint density at radius 1 is 1.18 bits per heavy atom. The molecular weight excluding hydrogens is 232 g/mol. The molecule has 1 heterocycles. The fourth-order valence-corrected chi connectivity index (χ4v) is 2.31. The molecule has 1 aromatic rings. The average molecular weight is 254 g/mol. The lowest BCUT2D eigenvalue weighted by molar-refractivity contribution is 0.0503. The van der Waals surface area contributed by atoms with E-state index >= 15 is 0 Å². The van der Waals surface area contributed by atoms with Crippen LogP contribution in [-0.2, 0) is 4.74 Å². The lowest BCUT2D eigenvalue weighted by Crippen LogP contribution is -2.04. The van der Waals surface area contributed by atoms with E-state index in [1.807, 2.05) is 11.4 Å². The van der Waals surface area contributed by atoms with E-state index in [0.717, 1.165) is 6.42 Å². The molecule has 96 valence electrons. The molecule has 1 rings (SSSR count). The van der Waals surface area contributed by atoms with Crippen LogP contribution < -0.4 is 0 Å². The van der Waals surface area contributed by atoms with E-state index in [2.05, 4.69) is 6.92 Å². The molecule has 0 aliphatic heterocycles. The van der Waals surface area contributed by atoms with Crippen LogP contribution in [0, 0.1) is 0 Å². The number of unbranched alkanes of at least 4 members (excludes halogenated alkanes) is 6. The third-order valence-corrected chi connectivity index (χ3v) is 3.55. The van der Waals surface area contributed by atoms with Crippen LogP contribution >= 0.6 is 11.3 Å². The molecule has 0 atom stereocenters. The van der Waals surface area contributed by atoms with Crippen LogP contribution in [0.25, 0.3) is 0 Å². The maximum Gasteiger partial charge on any atom is 0.348 e. The SMILES string of the molecule is CCCCCCCCCOC(=O)c1cccs1. The van der Waals surface area contributed by atoms with Gasteiger partial charge in [0, 0.05) is 0 Å². The third-order valence-electron chi connectivity index (χ3n) is 2.70. The van der Waals surface area contributed by atoms with Gasteiger partial charge in [-0.2, -0.15) is 0 Å². The summed E-state index contributed by atoms with van der Waals surface area (Å²) < 4.78 is 5.19. The van der Waals surface area contributed by atoms with E-state index in [1.165, 1.54) is 49.9 Å². The highest BCUT2D eigenvalue weighted by atomic mass is 32.1. The molecule has 2 nitrogen and oxygen atoms in total. The van der Waals surface area contributed by atoms with Gasteiger partial charge in [0.15, 0.2) is 0 Å². The van der Waals surface area contributed by atoms with Gasteiger partial charge in [-0.15, -0.1) is 11.3 Å². The van der Waals surface area contributed by atoms with E-state index < -0.39 is 0 Å². The Labute approximate surface area is 108 Å². The maximum absolute atomic E-state index is 11.5. The second-order valence-corrected chi connectivity index (χ2v) is 5.18. The van der Waals surface area contributed by atoms with Crippen LogP contribution in [0.4, 0.5) is 0 Å². The van der Waals surface area contributed by atoms with Gasteiger partial charge in [0.2, 0.25) is 0 Å².